The second-order valence-corrected chi connectivity index (χ2v) is 8.02. The molecule has 1 aromatic rings. The van der Waals surface area contributed by atoms with Gasteiger partial charge >= 0.3 is 5.24 Å². The number of thiocarbonyl (C=S) groups is 1. The quantitative estimate of drug-likeness (QED) is 0.723. The highest BCUT2D eigenvalue weighted by atomic mass is 32.1. The summed E-state index contributed by atoms with van der Waals surface area (Å²) in [5.74, 6) is -0.853. The summed E-state index contributed by atoms with van der Waals surface area (Å²) in [6.07, 6.45) is -2.35. The van der Waals surface area contributed by atoms with Crippen LogP contribution >= 0.6 is 12.2 Å². The highest BCUT2D eigenvalue weighted by molar-refractivity contribution is 7.79. The molecule has 3 heterocycles. The molecule has 0 spiro atoms. The number of hydrogen-bond acceptors (Lipinski definition) is 8. The van der Waals surface area contributed by atoms with E-state index in [4.69, 9.17) is 45.4 Å². The van der Waals surface area contributed by atoms with Crippen LogP contribution in [-0.4, -0.2) is 54.1 Å². The summed E-state index contributed by atoms with van der Waals surface area (Å²) < 4.78 is 41.1. The molecule has 0 N–H and O–H groups in total. The van der Waals surface area contributed by atoms with Crippen LogP contribution in [0.1, 0.15) is 27.7 Å². The van der Waals surface area contributed by atoms with Crippen molar-refractivity contribution in [2.24, 2.45) is 0 Å². The molecule has 0 amide bonds. The van der Waals surface area contributed by atoms with Crippen molar-refractivity contribution >= 4 is 17.5 Å². The Bertz CT molecular complexity index is 693. The van der Waals surface area contributed by atoms with Crippen LogP contribution in [0.3, 0.4) is 0 Å². The summed E-state index contributed by atoms with van der Waals surface area (Å²) in [6, 6.07) is 9.22. The Balaban J connectivity index is 1.49. The summed E-state index contributed by atoms with van der Waals surface area (Å²) in [7, 11) is 0. The molecule has 148 valence electrons. The second-order valence-electron chi connectivity index (χ2n) is 7.68. The zero-order valence-electron chi connectivity index (χ0n) is 15.7. The van der Waals surface area contributed by atoms with Crippen LogP contribution in [0, 0.1) is 0 Å². The molecule has 0 unspecified atom stereocenters. The Labute approximate surface area is 163 Å². The monoisotopic (exact) mass is 396 g/mol. The smallest absolute Gasteiger partial charge is 0.358 e. The highest BCUT2D eigenvalue weighted by Crippen LogP contribution is 2.42. The van der Waals surface area contributed by atoms with Gasteiger partial charge in [0.2, 0.25) is 0 Å². The van der Waals surface area contributed by atoms with Gasteiger partial charge in [-0.3, -0.25) is 0 Å². The Morgan fingerprint density at radius 2 is 1.74 bits per heavy atom. The van der Waals surface area contributed by atoms with Gasteiger partial charge in [-0.1, -0.05) is 18.2 Å². The molecule has 3 fully saturated rings. The highest BCUT2D eigenvalue weighted by Gasteiger charge is 2.60. The van der Waals surface area contributed by atoms with Gasteiger partial charge in [-0.2, -0.15) is 0 Å². The Kier molecular flexibility index (Phi) is 4.90. The maximum Gasteiger partial charge on any atom is 0.358 e. The van der Waals surface area contributed by atoms with Crippen LogP contribution in [0.2, 0.25) is 0 Å². The predicted octanol–water partition coefficient (Wildman–Crippen LogP) is 2.76. The van der Waals surface area contributed by atoms with Gasteiger partial charge in [0, 0.05) is 12.2 Å². The van der Waals surface area contributed by atoms with E-state index in [-0.39, 0.29) is 11.3 Å². The van der Waals surface area contributed by atoms with Crippen molar-refractivity contribution in [1.82, 2.24) is 0 Å². The molecule has 3 aliphatic rings. The SMILES string of the molecule is CC1(C)O[C@@H]2O[C@H]([C@H]3COC(C)(C)O3)[C@H](OC(=S)Oc3ccccc3)[C@H]2O1. The van der Waals surface area contributed by atoms with E-state index in [0.717, 1.165) is 0 Å². The van der Waals surface area contributed by atoms with Crippen molar-refractivity contribution in [1.29, 1.82) is 0 Å². The third-order valence-electron chi connectivity index (χ3n) is 4.60. The number of fused-ring (bicyclic) bond motifs is 1. The first-order valence-electron chi connectivity index (χ1n) is 8.99. The maximum atomic E-state index is 6.07. The number of ether oxygens (including phenoxy) is 7. The molecule has 0 aliphatic carbocycles. The molecule has 8 heteroatoms. The summed E-state index contributed by atoms with van der Waals surface area (Å²) in [5.41, 5.74) is 0. The average molecular weight is 396 g/mol. The fourth-order valence-corrected chi connectivity index (χ4v) is 3.74. The topological polar surface area (TPSA) is 64.6 Å². The lowest BCUT2D eigenvalue weighted by atomic mass is 10.1. The van der Waals surface area contributed by atoms with Gasteiger partial charge < -0.3 is 33.2 Å². The number of rotatable bonds is 3. The van der Waals surface area contributed by atoms with Crippen molar-refractivity contribution in [2.75, 3.05) is 6.61 Å². The molecule has 7 nitrogen and oxygen atoms in total. The molecule has 0 radical (unpaired) electrons. The van der Waals surface area contributed by atoms with Gasteiger partial charge in [0.1, 0.15) is 18.0 Å². The largest absolute Gasteiger partial charge is 0.447 e. The van der Waals surface area contributed by atoms with E-state index in [1.54, 1.807) is 12.1 Å². The van der Waals surface area contributed by atoms with Crippen LogP contribution < -0.4 is 4.74 Å². The van der Waals surface area contributed by atoms with Crippen LogP contribution in [-0.2, 0) is 28.4 Å². The summed E-state index contributed by atoms with van der Waals surface area (Å²) in [4.78, 5) is 0. The Hall–Kier alpha value is -1.29. The molecule has 0 bridgehead atoms. The third-order valence-corrected chi connectivity index (χ3v) is 4.78. The van der Waals surface area contributed by atoms with E-state index < -0.39 is 36.2 Å². The number of para-hydroxylation sites is 1. The maximum absolute atomic E-state index is 6.07. The van der Waals surface area contributed by atoms with Crippen molar-refractivity contribution in [3.63, 3.8) is 0 Å². The molecular formula is C19H24O7S. The lowest BCUT2D eigenvalue weighted by molar-refractivity contribution is -0.231. The minimum atomic E-state index is -0.768. The van der Waals surface area contributed by atoms with Crippen molar-refractivity contribution in [2.45, 2.75) is 70.0 Å². The van der Waals surface area contributed by atoms with Gasteiger partial charge in [-0.15, -0.1) is 0 Å². The molecule has 3 aliphatic heterocycles. The van der Waals surface area contributed by atoms with Gasteiger partial charge in [-0.05, 0) is 39.8 Å². The van der Waals surface area contributed by atoms with Gasteiger partial charge in [0.05, 0.1) is 6.61 Å². The zero-order chi connectivity index (χ0) is 19.2. The molecule has 4 rings (SSSR count). The summed E-state index contributed by atoms with van der Waals surface area (Å²) >= 11 is 5.29. The van der Waals surface area contributed by atoms with E-state index in [9.17, 15) is 0 Å². The zero-order valence-corrected chi connectivity index (χ0v) is 16.6. The van der Waals surface area contributed by atoms with Crippen LogP contribution in [0.25, 0.3) is 0 Å². The fourth-order valence-electron chi connectivity index (χ4n) is 3.53. The molecule has 27 heavy (non-hydrogen) atoms. The predicted molar refractivity (Wildman–Crippen MR) is 98.1 cm³/mol. The van der Waals surface area contributed by atoms with Gasteiger partial charge in [0.25, 0.3) is 0 Å². The van der Waals surface area contributed by atoms with Crippen molar-refractivity contribution in [3.05, 3.63) is 30.3 Å². The van der Waals surface area contributed by atoms with E-state index in [1.165, 1.54) is 0 Å². The summed E-state index contributed by atoms with van der Waals surface area (Å²) in [5, 5.41) is -0.00747. The van der Waals surface area contributed by atoms with Crippen LogP contribution in [0.4, 0.5) is 0 Å². The first-order valence-corrected chi connectivity index (χ1v) is 9.40. The van der Waals surface area contributed by atoms with Crippen molar-refractivity contribution in [3.8, 4) is 5.75 Å². The van der Waals surface area contributed by atoms with Crippen LogP contribution in [0.15, 0.2) is 30.3 Å². The molecule has 0 saturated carbocycles. The summed E-state index contributed by atoms with van der Waals surface area (Å²) in [6.45, 7) is 7.76. The van der Waals surface area contributed by atoms with E-state index in [0.29, 0.717) is 12.4 Å². The van der Waals surface area contributed by atoms with E-state index >= 15 is 0 Å². The minimum absolute atomic E-state index is 0.00747. The molecule has 5 atom stereocenters. The normalized spacial score (nSPS) is 36.4. The van der Waals surface area contributed by atoms with Gasteiger partial charge in [-0.25, -0.2) is 0 Å². The lowest BCUT2D eigenvalue weighted by Gasteiger charge is -2.29. The third kappa shape index (κ3) is 4.11. The average Bonchev–Trinajstić information content (AvgIpc) is 3.19. The van der Waals surface area contributed by atoms with E-state index in [2.05, 4.69) is 0 Å². The first kappa shape index (κ1) is 19.0. The molecule has 0 aromatic heterocycles. The van der Waals surface area contributed by atoms with Crippen molar-refractivity contribution < 1.29 is 33.2 Å². The molecule has 3 saturated heterocycles. The number of benzene rings is 1. The van der Waals surface area contributed by atoms with Crippen LogP contribution in [0.5, 0.6) is 5.75 Å². The molecule has 1 aromatic carbocycles. The fraction of sp³-hybridized carbons (Fsp3) is 0.632. The Morgan fingerprint density at radius 3 is 2.41 bits per heavy atom. The first-order chi connectivity index (χ1) is 12.7. The van der Waals surface area contributed by atoms with E-state index in [1.807, 2.05) is 45.9 Å². The Morgan fingerprint density at radius 1 is 1.00 bits per heavy atom. The minimum Gasteiger partial charge on any atom is -0.447 e. The number of hydrogen-bond donors (Lipinski definition) is 0. The molecular weight excluding hydrogens is 372 g/mol. The lowest BCUT2D eigenvalue weighted by Crippen LogP contribution is -2.45. The standard InChI is InChI=1S/C19H24O7S/c1-18(2)20-10-12(24-18)13-14(15-16(22-13)26-19(3,4)25-15)23-17(27)21-11-8-6-5-7-9-11/h5-9,12-16H,10H2,1-4H3/t12-,13-,14+,15-,16+/m1/s1. The second kappa shape index (κ2) is 6.95. The van der Waals surface area contributed by atoms with Gasteiger partial charge in [0.15, 0.2) is 30.1 Å².